The van der Waals surface area contributed by atoms with Crippen molar-refractivity contribution < 1.29 is 9.90 Å². The van der Waals surface area contributed by atoms with Crippen molar-refractivity contribution in [3.8, 4) is 5.75 Å². The predicted molar refractivity (Wildman–Crippen MR) is 50.0 cm³/mol. The summed E-state index contributed by atoms with van der Waals surface area (Å²) in [6, 6.07) is 2.45. The Hall–Kier alpha value is -1.95. The number of nitrogen functional groups attached to an aromatic ring is 1. The molecule has 0 aliphatic carbocycles. The van der Waals surface area contributed by atoms with E-state index in [-0.39, 0.29) is 17.0 Å². The van der Waals surface area contributed by atoms with Gasteiger partial charge in [0.25, 0.3) is 5.91 Å². The number of rotatable bonds is 2. The first kappa shape index (κ1) is 10.1. The molecular formula is C8H9N3O3. The molecule has 0 heterocycles. The van der Waals surface area contributed by atoms with Crippen LogP contribution in [0.4, 0.5) is 5.69 Å². The minimum atomic E-state index is -0.614. The third-order valence-corrected chi connectivity index (χ3v) is 1.76. The summed E-state index contributed by atoms with van der Waals surface area (Å²) in [5.41, 5.74) is 2.27. The van der Waals surface area contributed by atoms with Crippen molar-refractivity contribution in [3.05, 3.63) is 28.2 Å². The standard InChI is InChI=1S/C8H9N3O3/c1-4-2-5(12)3-6(11-14)7(4)8(13)10-9/h2-3,12H,9H2,1H3,(H,10,13). The lowest BCUT2D eigenvalue weighted by Crippen LogP contribution is -2.30. The fourth-order valence-electron chi connectivity index (χ4n) is 1.19. The summed E-state index contributed by atoms with van der Waals surface area (Å²) >= 11 is 0. The number of carbonyl (C=O) groups excluding carboxylic acids is 1. The number of phenolic OH excluding ortho intramolecular Hbond substituents is 1. The predicted octanol–water partition coefficient (Wildman–Crippen LogP) is 0.702. The minimum absolute atomic E-state index is 0.0697. The van der Waals surface area contributed by atoms with Crippen LogP contribution in [0, 0.1) is 11.8 Å². The summed E-state index contributed by atoms with van der Waals surface area (Å²) < 4.78 is 0. The number of nitrogens with one attached hydrogen (secondary N) is 1. The highest BCUT2D eigenvalue weighted by atomic mass is 16.3. The molecule has 0 aliphatic rings. The Labute approximate surface area is 79.7 Å². The molecule has 4 N–H and O–H groups in total. The molecule has 0 fully saturated rings. The highest BCUT2D eigenvalue weighted by molar-refractivity contribution is 6.00. The molecule has 1 amide bonds. The van der Waals surface area contributed by atoms with Crippen molar-refractivity contribution in [1.82, 2.24) is 5.43 Å². The number of carbonyl (C=O) groups is 1. The van der Waals surface area contributed by atoms with Gasteiger partial charge in [-0.05, 0) is 23.7 Å². The average molecular weight is 195 g/mol. The molecule has 6 heteroatoms. The van der Waals surface area contributed by atoms with Crippen LogP contribution in [0.1, 0.15) is 15.9 Å². The van der Waals surface area contributed by atoms with Gasteiger partial charge in [-0.3, -0.25) is 10.2 Å². The lowest BCUT2D eigenvalue weighted by molar-refractivity contribution is 0.0954. The van der Waals surface area contributed by atoms with Crippen LogP contribution in [0.15, 0.2) is 17.3 Å². The molecule has 0 spiro atoms. The van der Waals surface area contributed by atoms with Crippen molar-refractivity contribution >= 4 is 11.6 Å². The van der Waals surface area contributed by atoms with E-state index in [1.165, 1.54) is 6.07 Å². The summed E-state index contributed by atoms with van der Waals surface area (Å²) in [5.74, 6) is 4.20. The second-order valence-corrected chi connectivity index (χ2v) is 2.72. The van der Waals surface area contributed by atoms with Gasteiger partial charge in [0.05, 0.1) is 5.56 Å². The van der Waals surface area contributed by atoms with Crippen LogP contribution in [0.3, 0.4) is 0 Å². The molecule has 0 bridgehead atoms. The number of benzene rings is 1. The van der Waals surface area contributed by atoms with Crippen molar-refractivity contribution in [2.24, 2.45) is 11.0 Å². The van der Waals surface area contributed by atoms with Gasteiger partial charge >= 0.3 is 0 Å². The molecule has 14 heavy (non-hydrogen) atoms. The zero-order valence-corrected chi connectivity index (χ0v) is 7.44. The molecular weight excluding hydrogens is 186 g/mol. The van der Waals surface area contributed by atoms with E-state index in [0.717, 1.165) is 6.07 Å². The van der Waals surface area contributed by atoms with Crippen LogP contribution in [0.2, 0.25) is 0 Å². The molecule has 0 radical (unpaired) electrons. The smallest absolute Gasteiger partial charge is 0.267 e. The Morgan fingerprint density at radius 2 is 2.21 bits per heavy atom. The van der Waals surface area contributed by atoms with Gasteiger partial charge in [-0.25, -0.2) is 5.84 Å². The van der Waals surface area contributed by atoms with Crippen molar-refractivity contribution in [2.75, 3.05) is 0 Å². The van der Waals surface area contributed by atoms with E-state index in [4.69, 9.17) is 10.9 Å². The second kappa shape index (κ2) is 3.84. The van der Waals surface area contributed by atoms with E-state index < -0.39 is 5.91 Å². The van der Waals surface area contributed by atoms with Gasteiger partial charge in [0.1, 0.15) is 11.4 Å². The summed E-state index contributed by atoms with van der Waals surface area (Å²) in [6.45, 7) is 1.57. The van der Waals surface area contributed by atoms with E-state index in [1.807, 2.05) is 5.43 Å². The van der Waals surface area contributed by atoms with Crippen LogP contribution in [0.5, 0.6) is 5.75 Å². The first-order valence-electron chi connectivity index (χ1n) is 3.78. The Kier molecular flexibility index (Phi) is 2.78. The summed E-state index contributed by atoms with van der Waals surface area (Å²) in [4.78, 5) is 21.6. The molecule has 1 rings (SSSR count). The first-order valence-corrected chi connectivity index (χ1v) is 3.78. The fourth-order valence-corrected chi connectivity index (χ4v) is 1.19. The van der Waals surface area contributed by atoms with E-state index in [1.54, 1.807) is 6.92 Å². The number of hydrazine groups is 1. The number of hydrogen-bond donors (Lipinski definition) is 3. The molecule has 6 nitrogen and oxygen atoms in total. The lowest BCUT2D eigenvalue weighted by atomic mass is 10.1. The van der Waals surface area contributed by atoms with Gasteiger partial charge in [-0.2, -0.15) is 0 Å². The normalized spacial score (nSPS) is 9.57. The molecule has 74 valence electrons. The second-order valence-electron chi connectivity index (χ2n) is 2.72. The largest absolute Gasteiger partial charge is 0.508 e. The summed E-state index contributed by atoms with van der Waals surface area (Å²) in [6.07, 6.45) is 0. The topological polar surface area (TPSA) is 105 Å². The Balaban J connectivity index is 3.39. The van der Waals surface area contributed by atoms with Crippen molar-refractivity contribution in [1.29, 1.82) is 0 Å². The van der Waals surface area contributed by atoms with Crippen LogP contribution in [0.25, 0.3) is 0 Å². The Bertz CT molecular complexity index is 390. The maximum Gasteiger partial charge on any atom is 0.267 e. The third kappa shape index (κ3) is 1.69. The number of phenols is 1. The number of nitrogens with zero attached hydrogens (tertiary/aromatic N) is 1. The van der Waals surface area contributed by atoms with E-state index in [2.05, 4.69) is 5.18 Å². The number of hydrogen-bond acceptors (Lipinski definition) is 5. The SMILES string of the molecule is Cc1cc(O)cc(N=O)c1C(=O)NN. The zero-order chi connectivity index (χ0) is 10.7. The first-order chi connectivity index (χ1) is 6.60. The van der Waals surface area contributed by atoms with E-state index in [0.29, 0.717) is 5.56 Å². The summed E-state index contributed by atoms with van der Waals surface area (Å²) in [7, 11) is 0. The molecule has 0 saturated carbocycles. The van der Waals surface area contributed by atoms with Crippen LogP contribution in [-0.2, 0) is 0 Å². The number of nitrogens with two attached hydrogens (primary N) is 1. The van der Waals surface area contributed by atoms with Crippen LogP contribution >= 0.6 is 0 Å². The third-order valence-electron chi connectivity index (χ3n) is 1.76. The molecule has 0 saturated heterocycles. The van der Waals surface area contributed by atoms with Gasteiger partial charge in [0.2, 0.25) is 0 Å². The maximum absolute atomic E-state index is 11.2. The number of nitroso groups, excluding NO2 is 1. The van der Waals surface area contributed by atoms with E-state index >= 15 is 0 Å². The van der Waals surface area contributed by atoms with E-state index in [9.17, 15) is 9.70 Å². The molecule has 0 aromatic heterocycles. The van der Waals surface area contributed by atoms with Gasteiger partial charge < -0.3 is 5.11 Å². The molecule has 0 aliphatic heterocycles. The van der Waals surface area contributed by atoms with Crippen molar-refractivity contribution in [3.63, 3.8) is 0 Å². The molecule has 0 unspecified atom stereocenters. The Morgan fingerprint density at radius 3 is 2.71 bits per heavy atom. The lowest BCUT2D eigenvalue weighted by Gasteiger charge is -2.06. The molecule has 1 aromatic rings. The highest BCUT2D eigenvalue weighted by Crippen LogP contribution is 2.27. The summed E-state index contributed by atoms with van der Waals surface area (Å²) in [5, 5.41) is 11.8. The monoisotopic (exact) mass is 195 g/mol. The molecule has 1 aromatic carbocycles. The number of amides is 1. The number of aryl methyl sites for hydroxylation is 1. The van der Waals surface area contributed by atoms with Gasteiger partial charge in [0, 0.05) is 6.07 Å². The quantitative estimate of drug-likeness (QED) is 0.279. The Morgan fingerprint density at radius 1 is 1.57 bits per heavy atom. The van der Waals surface area contributed by atoms with Gasteiger partial charge in [-0.15, -0.1) is 4.91 Å². The van der Waals surface area contributed by atoms with Crippen LogP contribution in [-0.4, -0.2) is 11.0 Å². The maximum atomic E-state index is 11.2. The van der Waals surface area contributed by atoms with Crippen LogP contribution < -0.4 is 11.3 Å². The van der Waals surface area contributed by atoms with Crippen molar-refractivity contribution in [2.45, 2.75) is 6.92 Å². The van der Waals surface area contributed by atoms with Gasteiger partial charge in [0.15, 0.2) is 0 Å². The average Bonchev–Trinajstić information content (AvgIpc) is 2.15. The highest BCUT2D eigenvalue weighted by Gasteiger charge is 2.15. The fraction of sp³-hybridized carbons (Fsp3) is 0.125. The zero-order valence-electron chi connectivity index (χ0n) is 7.44. The van der Waals surface area contributed by atoms with Gasteiger partial charge in [-0.1, -0.05) is 0 Å². The number of aromatic hydroxyl groups is 1. The minimum Gasteiger partial charge on any atom is -0.508 e. The molecule has 0 atom stereocenters.